The molecular formula is C13H17N5O2S. The smallest absolute Gasteiger partial charge is 0.245 e. The van der Waals surface area contributed by atoms with Gasteiger partial charge in [-0.2, -0.15) is 0 Å². The third-order valence-corrected chi connectivity index (χ3v) is 4.17. The van der Waals surface area contributed by atoms with Crippen LogP contribution in [0.3, 0.4) is 0 Å². The highest BCUT2D eigenvalue weighted by Gasteiger charge is 2.32. The van der Waals surface area contributed by atoms with E-state index in [9.17, 15) is 9.59 Å². The molecule has 3 rings (SSSR count). The normalized spacial score (nSPS) is 19.4. The predicted octanol–water partition coefficient (Wildman–Crippen LogP) is 1.50. The van der Waals surface area contributed by atoms with Gasteiger partial charge in [-0.15, -0.1) is 0 Å². The second-order valence-corrected chi connectivity index (χ2v) is 6.46. The van der Waals surface area contributed by atoms with Gasteiger partial charge in [0.1, 0.15) is 6.17 Å². The molecule has 1 aromatic heterocycles. The number of amides is 2. The van der Waals surface area contributed by atoms with Crippen molar-refractivity contribution in [1.82, 2.24) is 15.7 Å². The molecule has 1 aliphatic carbocycles. The lowest BCUT2D eigenvalue weighted by molar-refractivity contribution is -0.118. The first-order valence-corrected chi connectivity index (χ1v) is 7.63. The number of carbonyl (C=O) groups excluding carboxylic acids is 2. The molecule has 0 bridgehead atoms. The number of nitrogens with one attached hydrogen (secondary N) is 4. The second kappa shape index (κ2) is 5.45. The minimum absolute atomic E-state index is 0.0282. The lowest BCUT2D eigenvalue weighted by Gasteiger charge is -2.11. The minimum Gasteiger partial charge on any atom is -0.331 e. The summed E-state index contributed by atoms with van der Waals surface area (Å²) in [6, 6.07) is 0. The van der Waals surface area contributed by atoms with Crippen LogP contribution in [0.1, 0.15) is 37.7 Å². The number of thiazole rings is 1. The Bertz CT molecular complexity index is 616. The molecule has 1 saturated carbocycles. The van der Waals surface area contributed by atoms with Crippen LogP contribution in [0.2, 0.25) is 0 Å². The zero-order valence-corrected chi connectivity index (χ0v) is 12.6. The molecule has 7 nitrogen and oxygen atoms in total. The molecular weight excluding hydrogens is 290 g/mol. The largest absolute Gasteiger partial charge is 0.331 e. The lowest BCUT2D eigenvalue weighted by atomic mass is 10.3. The number of allylic oxidation sites excluding steroid dienone is 1. The number of anilines is 2. The Hall–Kier alpha value is -1.93. The van der Waals surface area contributed by atoms with E-state index in [0.29, 0.717) is 10.9 Å². The molecule has 21 heavy (non-hydrogen) atoms. The van der Waals surface area contributed by atoms with Gasteiger partial charge in [-0.3, -0.25) is 9.59 Å². The van der Waals surface area contributed by atoms with Crippen molar-refractivity contribution in [2.45, 2.75) is 32.9 Å². The van der Waals surface area contributed by atoms with E-state index >= 15 is 0 Å². The number of rotatable bonds is 4. The van der Waals surface area contributed by atoms with Crippen LogP contribution in [-0.2, 0) is 9.59 Å². The maximum Gasteiger partial charge on any atom is 0.245 e. The molecule has 112 valence electrons. The van der Waals surface area contributed by atoms with Gasteiger partial charge in [-0.1, -0.05) is 16.9 Å². The fourth-order valence-corrected chi connectivity index (χ4v) is 2.90. The standard InChI is InChI=1S/C13H17N5O2S/c1-6(2)5-8(19)14-10-9-11(18-17-10)15-13(21-9)16-12(20)7-3-4-7/h5,7,10,17-18H,3-4H2,1-2H3,(H,14,19)(H,15,16,20). The molecule has 1 fully saturated rings. The van der Waals surface area contributed by atoms with Crippen molar-refractivity contribution < 1.29 is 9.59 Å². The molecule has 1 aromatic rings. The van der Waals surface area contributed by atoms with Crippen molar-refractivity contribution in [2.75, 3.05) is 10.7 Å². The molecule has 0 radical (unpaired) electrons. The van der Waals surface area contributed by atoms with Gasteiger partial charge in [-0.25, -0.2) is 10.4 Å². The number of fused-ring (bicyclic) bond motifs is 1. The van der Waals surface area contributed by atoms with Crippen LogP contribution in [0.25, 0.3) is 0 Å². The molecule has 2 amide bonds. The molecule has 0 aromatic carbocycles. The van der Waals surface area contributed by atoms with Crippen LogP contribution in [0.15, 0.2) is 11.6 Å². The summed E-state index contributed by atoms with van der Waals surface area (Å²) in [6.07, 6.45) is 3.11. The van der Waals surface area contributed by atoms with Crippen molar-refractivity contribution in [3.05, 3.63) is 16.5 Å². The number of hydrazine groups is 1. The highest BCUT2D eigenvalue weighted by atomic mass is 32.1. The summed E-state index contributed by atoms with van der Waals surface area (Å²) in [5, 5.41) is 6.21. The van der Waals surface area contributed by atoms with Crippen LogP contribution in [0.5, 0.6) is 0 Å². The fraction of sp³-hybridized carbons (Fsp3) is 0.462. The van der Waals surface area contributed by atoms with Gasteiger partial charge < -0.3 is 16.1 Å². The average Bonchev–Trinajstić information content (AvgIpc) is 3.08. The summed E-state index contributed by atoms with van der Waals surface area (Å²) in [4.78, 5) is 28.6. The molecule has 1 atom stereocenters. The summed E-state index contributed by atoms with van der Waals surface area (Å²) in [6.45, 7) is 3.73. The van der Waals surface area contributed by atoms with E-state index < -0.39 is 0 Å². The molecule has 8 heteroatoms. The Morgan fingerprint density at radius 3 is 2.81 bits per heavy atom. The van der Waals surface area contributed by atoms with Gasteiger partial charge in [0.2, 0.25) is 11.8 Å². The number of nitrogens with zero attached hydrogens (tertiary/aromatic N) is 1. The molecule has 1 unspecified atom stereocenters. The van der Waals surface area contributed by atoms with E-state index in [-0.39, 0.29) is 23.9 Å². The molecule has 1 aliphatic heterocycles. The Morgan fingerprint density at radius 2 is 2.14 bits per heavy atom. The number of aromatic nitrogens is 1. The van der Waals surface area contributed by atoms with Gasteiger partial charge in [0, 0.05) is 12.0 Å². The summed E-state index contributed by atoms with van der Waals surface area (Å²) < 4.78 is 0. The van der Waals surface area contributed by atoms with Crippen molar-refractivity contribution in [3.8, 4) is 0 Å². The highest BCUT2D eigenvalue weighted by molar-refractivity contribution is 7.16. The van der Waals surface area contributed by atoms with Crippen molar-refractivity contribution >= 4 is 34.1 Å². The van der Waals surface area contributed by atoms with E-state index in [4.69, 9.17) is 0 Å². The van der Waals surface area contributed by atoms with E-state index in [1.54, 1.807) is 0 Å². The van der Waals surface area contributed by atoms with Crippen molar-refractivity contribution in [3.63, 3.8) is 0 Å². The molecule has 0 spiro atoms. The van der Waals surface area contributed by atoms with E-state index in [2.05, 4.69) is 26.5 Å². The molecule has 2 aliphatic rings. The van der Waals surface area contributed by atoms with Crippen LogP contribution in [0, 0.1) is 5.92 Å². The first-order valence-electron chi connectivity index (χ1n) is 6.81. The zero-order chi connectivity index (χ0) is 15.0. The number of carbonyl (C=O) groups is 2. The Morgan fingerprint density at radius 1 is 1.38 bits per heavy atom. The van der Waals surface area contributed by atoms with Crippen LogP contribution in [0.4, 0.5) is 10.9 Å². The number of hydrogen-bond donors (Lipinski definition) is 4. The van der Waals surface area contributed by atoms with E-state index in [1.807, 2.05) is 13.8 Å². The SMILES string of the molecule is CC(C)=CC(=O)NC1NNc2nc(NC(=O)C3CC3)sc21. The monoisotopic (exact) mass is 307 g/mol. The van der Waals surface area contributed by atoms with Gasteiger partial charge in [-0.05, 0) is 26.7 Å². The summed E-state index contributed by atoms with van der Waals surface area (Å²) in [5.74, 6) is 0.649. The predicted molar refractivity (Wildman–Crippen MR) is 80.5 cm³/mol. The molecule has 0 saturated heterocycles. The van der Waals surface area contributed by atoms with Gasteiger partial charge in [0.25, 0.3) is 0 Å². The maximum absolute atomic E-state index is 11.8. The van der Waals surface area contributed by atoms with Crippen LogP contribution >= 0.6 is 11.3 Å². The number of hydrogen-bond acceptors (Lipinski definition) is 6. The summed E-state index contributed by atoms with van der Waals surface area (Å²) in [5.41, 5.74) is 6.79. The van der Waals surface area contributed by atoms with Crippen LogP contribution in [-0.4, -0.2) is 16.8 Å². The Balaban J connectivity index is 1.67. The fourth-order valence-electron chi connectivity index (χ4n) is 1.98. The topological polar surface area (TPSA) is 95.2 Å². The van der Waals surface area contributed by atoms with E-state index in [0.717, 1.165) is 23.3 Å². The van der Waals surface area contributed by atoms with E-state index in [1.165, 1.54) is 17.4 Å². The maximum atomic E-state index is 11.8. The summed E-state index contributed by atoms with van der Waals surface area (Å²) in [7, 11) is 0. The Labute approximate surface area is 126 Å². The third-order valence-electron chi connectivity index (χ3n) is 3.14. The quantitative estimate of drug-likeness (QED) is 0.632. The van der Waals surface area contributed by atoms with Gasteiger partial charge >= 0.3 is 0 Å². The lowest BCUT2D eigenvalue weighted by Crippen LogP contribution is -2.35. The van der Waals surface area contributed by atoms with Crippen molar-refractivity contribution in [1.29, 1.82) is 0 Å². The second-order valence-electron chi connectivity index (χ2n) is 5.43. The first-order chi connectivity index (χ1) is 10.0. The molecule has 4 N–H and O–H groups in total. The Kier molecular flexibility index (Phi) is 3.64. The van der Waals surface area contributed by atoms with Crippen LogP contribution < -0.4 is 21.5 Å². The minimum atomic E-state index is -0.341. The van der Waals surface area contributed by atoms with Crippen molar-refractivity contribution in [2.24, 2.45) is 5.92 Å². The van der Waals surface area contributed by atoms with Gasteiger partial charge in [0.05, 0.1) is 4.88 Å². The summed E-state index contributed by atoms with van der Waals surface area (Å²) >= 11 is 1.36. The zero-order valence-electron chi connectivity index (χ0n) is 11.8. The van der Waals surface area contributed by atoms with Gasteiger partial charge in [0.15, 0.2) is 10.9 Å². The third kappa shape index (κ3) is 3.22. The highest BCUT2D eigenvalue weighted by Crippen LogP contribution is 2.36. The molecule has 2 heterocycles. The average molecular weight is 307 g/mol. The first kappa shape index (κ1) is 14.0.